The van der Waals surface area contributed by atoms with E-state index in [4.69, 9.17) is 4.74 Å². The fourth-order valence-corrected chi connectivity index (χ4v) is 1.45. The molecule has 0 aliphatic carbocycles. The number of nitrogens with zero attached hydrogens (tertiary/aromatic N) is 2. The predicted octanol–water partition coefficient (Wildman–Crippen LogP) is 2.78. The first-order valence-corrected chi connectivity index (χ1v) is 5.15. The molecule has 16 heavy (non-hydrogen) atoms. The van der Waals surface area contributed by atoms with Gasteiger partial charge in [-0.15, -0.1) is 0 Å². The van der Waals surface area contributed by atoms with Gasteiger partial charge >= 0.3 is 0 Å². The summed E-state index contributed by atoms with van der Waals surface area (Å²) in [7, 11) is 0. The topological polar surface area (TPSA) is 27.1 Å². The van der Waals surface area contributed by atoms with Crippen molar-refractivity contribution in [3.05, 3.63) is 67.3 Å². The van der Waals surface area contributed by atoms with Crippen molar-refractivity contribution < 1.29 is 4.74 Å². The minimum atomic E-state index is -0.164. The Labute approximate surface area is 95.0 Å². The lowest BCUT2D eigenvalue weighted by Crippen LogP contribution is -2.08. The second kappa shape index (κ2) is 5.28. The van der Waals surface area contributed by atoms with Crippen molar-refractivity contribution in [1.29, 1.82) is 0 Å². The largest absolute Gasteiger partial charge is 0.350 e. The third kappa shape index (κ3) is 2.58. The average Bonchev–Trinajstić information content (AvgIpc) is 2.85. The first kappa shape index (κ1) is 10.6. The summed E-state index contributed by atoms with van der Waals surface area (Å²) in [6, 6.07) is 10.1. The van der Waals surface area contributed by atoms with E-state index in [1.54, 1.807) is 18.6 Å². The van der Waals surface area contributed by atoms with Crippen molar-refractivity contribution >= 4 is 0 Å². The van der Waals surface area contributed by atoms with Crippen molar-refractivity contribution in [3.63, 3.8) is 0 Å². The van der Waals surface area contributed by atoms with Crippen LogP contribution in [0.15, 0.2) is 61.7 Å². The maximum absolute atomic E-state index is 5.73. The Hall–Kier alpha value is -1.87. The van der Waals surface area contributed by atoms with Crippen LogP contribution >= 0.6 is 0 Å². The van der Waals surface area contributed by atoms with Gasteiger partial charge < -0.3 is 9.30 Å². The van der Waals surface area contributed by atoms with Gasteiger partial charge in [0, 0.05) is 12.4 Å². The van der Waals surface area contributed by atoms with Crippen molar-refractivity contribution in [1.82, 2.24) is 9.55 Å². The molecule has 0 amide bonds. The van der Waals surface area contributed by atoms with E-state index in [2.05, 4.69) is 11.6 Å². The van der Waals surface area contributed by atoms with Gasteiger partial charge in [0.25, 0.3) is 0 Å². The van der Waals surface area contributed by atoms with E-state index in [0.29, 0.717) is 6.61 Å². The number of aromatic nitrogens is 2. The lowest BCUT2D eigenvalue weighted by atomic mass is 10.2. The van der Waals surface area contributed by atoms with E-state index in [9.17, 15) is 0 Å². The van der Waals surface area contributed by atoms with Crippen LogP contribution in [0.5, 0.6) is 0 Å². The Morgan fingerprint density at radius 3 is 2.81 bits per heavy atom. The van der Waals surface area contributed by atoms with Crippen molar-refractivity contribution in [2.24, 2.45) is 0 Å². The Balaban J connectivity index is 1.96. The zero-order chi connectivity index (χ0) is 11.2. The monoisotopic (exact) mass is 214 g/mol. The van der Waals surface area contributed by atoms with Crippen LogP contribution in [0.2, 0.25) is 0 Å². The molecule has 0 radical (unpaired) electrons. The molecular weight excluding hydrogens is 200 g/mol. The van der Waals surface area contributed by atoms with Crippen LogP contribution in [0.3, 0.4) is 0 Å². The van der Waals surface area contributed by atoms with Gasteiger partial charge in [-0.3, -0.25) is 0 Å². The molecule has 0 saturated heterocycles. The molecule has 2 rings (SSSR count). The summed E-state index contributed by atoms with van der Waals surface area (Å²) < 4.78 is 7.60. The summed E-state index contributed by atoms with van der Waals surface area (Å²) in [5.41, 5.74) is 1.15. The smallest absolute Gasteiger partial charge is 0.154 e. The highest BCUT2D eigenvalue weighted by Crippen LogP contribution is 2.12. The standard InChI is InChI=1S/C13H14N2O/c1-2-13(15-9-8-14-11-15)16-10-12-6-4-3-5-7-12/h2-9,11,13H,1,10H2/t13-/m0/s1. The van der Waals surface area contributed by atoms with Crippen molar-refractivity contribution in [3.8, 4) is 0 Å². The molecule has 0 aliphatic heterocycles. The normalized spacial score (nSPS) is 12.2. The summed E-state index contributed by atoms with van der Waals surface area (Å²) in [6.07, 6.45) is 6.89. The minimum Gasteiger partial charge on any atom is -0.350 e. The molecule has 0 aliphatic rings. The summed E-state index contributed by atoms with van der Waals surface area (Å²) in [6.45, 7) is 4.32. The van der Waals surface area contributed by atoms with Gasteiger partial charge in [-0.05, 0) is 11.6 Å². The van der Waals surface area contributed by atoms with Crippen LogP contribution in [0, 0.1) is 0 Å². The molecule has 0 saturated carbocycles. The third-order valence-electron chi connectivity index (χ3n) is 2.28. The van der Waals surface area contributed by atoms with Gasteiger partial charge in [0.15, 0.2) is 6.23 Å². The number of ether oxygens (including phenoxy) is 1. The number of benzene rings is 1. The third-order valence-corrected chi connectivity index (χ3v) is 2.28. The highest BCUT2D eigenvalue weighted by atomic mass is 16.5. The molecule has 1 aromatic carbocycles. The lowest BCUT2D eigenvalue weighted by Gasteiger charge is -2.14. The molecule has 1 aromatic heterocycles. The first-order valence-electron chi connectivity index (χ1n) is 5.15. The minimum absolute atomic E-state index is 0.164. The highest BCUT2D eigenvalue weighted by Gasteiger charge is 2.05. The predicted molar refractivity (Wildman–Crippen MR) is 62.7 cm³/mol. The molecule has 2 aromatic rings. The van der Waals surface area contributed by atoms with Gasteiger partial charge in [-0.1, -0.05) is 36.9 Å². The number of hydrogen-bond donors (Lipinski definition) is 0. The van der Waals surface area contributed by atoms with E-state index in [-0.39, 0.29) is 6.23 Å². The van der Waals surface area contributed by atoms with Gasteiger partial charge in [-0.25, -0.2) is 4.98 Å². The maximum atomic E-state index is 5.73. The van der Waals surface area contributed by atoms with Gasteiger partial charge in [0.1, 0.15) is 0 Å². The lowest BCUT2D eigenvalue weighted by molar-refractivity contribution is 0.0252. The highest BCUT2D eigenvalue weighted by molar-refractivity contribution is 5.13. The Bertz CT molecular complexity index is 422. The van der Waals surface area contributed by atoms with E-state index < -0.39 is 0 Å². The Morgan fingerprint density at radius 1 is 1.38 bits per heavy atom. The maximum Gasteiger partial charge on any atom is 0.154 e. The number of hydrogen-bond acceptors (Lipinski definition) is 2. The van der Waals surface area contributed by atoms with Crippen LogP contribution < -0.4 is 0 Å². The van der Waals surface area contributed by atoms with Crippen LogP contribution in [0.25, 0.3) is 0 Å². The van der Waals surface area contributed by atoms with E-state index in [0.717, 1.165) is 5.56 Å². The molecule has 0 fully saturated rings. The fourth-order valence-electron chi connectivity index (χ4n) is 1.45. The van der Waals surface area contributed by atoms with Gasteiger partial charge in [-0.2, -0.15) is 0 Å². The van der Waals surface area contributed by atoms with Crippen LogP contribution in [-0.2, 0) is 11.3 Å². The Morgan fingerprint density at radius 2 is 2.19 bits per heavy atom. The van der Waals surface area contributed by atoms with E-state index in [1.807, 2.05) is 41.1 Å². The quantitative estimate of drug-likeness (QED) is 0.715. The fraction of sp³-hybridized carbons (Fsp3) is 0.154. The van der Waals surface area contributed by atoms with E-state index in [1.165, 1.54) is 0 Å². The zero-order valence-corrected chi connectivity index (χ0v) is 8.99. The second-order valence-electron chi connectivity index (χ2n) is 3.43. The number of rotatable bonds is 5. The van der Waals surface area contributed by atoms with Gasteiger partial charge in [0.2, 0.25) is 0 Å². The molecule has 3 heteroatoms. The molecule has 0 unspecified atom stereocenters. The van der Waals surface area contributed by atoms with Gasteiger partial charge in [0.05, 0.1) is 12.9 Å². The molecular formula is C13H14N2O. The van der Waals surface area contributed by atoms with Crippen LogP contribution in [-0.4, -0.2) is 9.55 Å². The molecule has 3 nitrogen and oxygen atoms in total. The van der Waals surface area contributed by atoms with E-state index >= 15 is 0 Å². The molecule has 1 atom stereocenters. The second-order valence-corrected chi connectivity index (χ2v) is 3.43. The molecule has 0 N–H and O–H groups in total. The van der Waals surface area contributed by atoms with Crippen LogP contribution in [0.1, 0.15) is 11.8 Å². The zero-order valence-electron chi connectivity index (χ0n) is 8.99. The first-order chi connectivity index (χ1) is 7.90. The SMILES string of the molecule is C=C[C@H](OCc1ccccc1)n1ccnc1. The van der Waals surface area contributed by atoms with Crippen LogP contribution in [0.4, 0.5) is 0 Å². The summed E-state index contributed by atoms with van der Waals surface area (Å²) >= 11 is 0. The average molecular weight is 214 g/mol. The summed E-state index contributed by atoms with van der Waals surface area (Å²) in [5.74, 6) is 0. The molecule has 0 spiro atoms. The summed E-state index contributed by atoms with van der Waals surface area (Å²) in [4.78, 5) is 3.98. The summed E-state index contributed by atoms with van der Waals surface area (Å²) in [5, 5.41) is 0. The molecule has 0 bridgehead atoms. The van der Waals surface area contributed by atoms with Crippen molar-refractivity contribution in [2.45, 2.75) is 12.8 Å². The molecule has 1 heterocycles. The molecule has 82 valence electrons. The Kier molecular flexibility index (Phi) is 3.51. The number of imidazole rings is 1. The van der Waals surface area contributed by atoms with Crippen molar-refractivity contribution in [2.75, 3.05) is 0 Å².